The highest BCUT2D eigenvalue weighted by atomic mass is 16.5. The topological polar surface area (TPSA) is 79.4 Å². The second kappa shape index (κ2) is 9.94. The van der Waals surface area contributed by atoms with Gasteiger partial charge in [0.25, 0.3) is 0 Å². The number of hydrogen-bond donors (Lipinski definition) is 2. The molecule has 1 saturated carbocycles. The number of nitrogens with one attached hydrogen (secondary N) is 2. The Morgan fingerprint density at radius 2 is 1.87 bits per heavy atom. The zero-order valence-electron chi connectivity index (χ0n) is 18.6. The summed E-state index contributed by atoms with van der Waals surface area (Å²) in [6, 6.07) is 0.389. The smallest absolute Gasteiger partial charge is 0.315 e. The molecule has 0 bridgehead atoms. The summed E-state index contributed by atoms with van der Waals surface area (Å²) < 4.78 is 5.75. The Bertz CT molecular complexity index is 727. The molecule has 0 spiro atoms. The maximum atomic E-state index is 12.2. The molecule has 2 fully saturated rings. The minimum atomic E-state index is -0.0422. The summed E-state index contributed by atoms with van der Waals surface area (Å²) in [4.78, 5) is 24.8. The van der Waals surface area contributed by atoms with Crippen molar-refractivity contribution < 1.29 is 9.53 Å². The van der Waals surface area contributed by atoms with Crippen LogP contribution in [0.15, 0.2) is 0 Å². The van der Waals surface area contributed by atoms with Gasteiger partial charge in [0.15, 0.2) is 0 Å². The van der Waals surface area contributed by atoms with Crippen LogP contribution in [-0.2, 0) is 17.6 Å². The zero-order valence-corrected chi connectivity index (χ0v) is 18.6. The van der Waals surface area contributed by atoms with Gasteiger partial charge in [0.1, 0.15) is 11.6 Å². The Kier molecular flexibility index (Phi) is 7.08. The number of aromatic nitrogens is 2. The third-order valence-electron chi connectivity index (χ3n) is 6.91. The molecule has 1 aromatic rings. The fraction of sp³-hybridized carbons (Fsp3) is 0.783. The van der Waals surface area contributed by atoms with Crippen molar-refractivity contribution in [3.05, 3.63) is 17.1 Å². The highest BCUT2D eigenvalue weighted by molar-refractivity contribution is 5.74. The number of hydrogen-bond acceptors (Lipinski definition) is 5. The van der Waals surface area contributed by atoms with Gasteiger partial charge in [0, 0.05) is 49.5 Å². The van der Waals surface area contributed by atoms with Crippen molar-refractivity contribution in [2.75, 3.05) is 31.2 Å². The van der Waals surface area contributed by atoms with Gasteiger partial charge in [-0.2, -0.15) is 0 Å². The maximum absolute atomic E-state index is 12.2. The number of ether oxygens (including phenoxy) is 1. The average molecular weight is 416 g/mol. The molecule has 7 nitrogen and oxygen atoms in total. The van der Waals surface area contributed by atoms with Crippen LogP contribution in [0, 0.1) is 0 Å². The van der Waals surface area contributed by atoms with Crippen LogP contribution in [0.25, 0.3) is 0 Å². The van der Waals surface area contributed by atoms with E-state index in [4.69, 9.17) is 14.7 Å². The molecule has 2 amide bonds. The second-order valence-electron chi connectivity index (χ2n) is 9.11. The summed E-state index contributed by atoms with van der Waals surface area (Å²) in [6.45, 7) is 7.46. The van der Waals surface area contributed by atoms with Crippen molar-refractivity contribution in [3.63, 3.8) is 0 Å². The van der Waals surface area contributed by atoms with Crippen LogP contribution in [0.3, 0.4) is 0 Å². The molecule has 1 saturated heterocycles. The molecule has 2 N–H and O–H groups in total. The number of urea groups is 1. The minimum absolute atomic E-state index is 0.0422. The first-order valence-corrected chi connectivity index (χ1v) is 11.9. The van der Waals surface area contributed by atoms with E-state index in [2.05, 4.69) is 22.5 Å². The lowest BCUT2D eigenvalue weighted by molar-refractivity contribution is 0.146. The lowest BCUT2D eigenvalue weighted by Gasteiger charge is -2.35. The van der Waals surface area contributed by atoms with Crippen LogP contribution in [-0.4, -0.2) is 54.4 Å². The molecule has 1 unspecified atom stereocenters. The molecule has 30 heavy (non-hydrogen) atoms. The summed E-state index contributed by atoms with van der Waals surface area (Å²) in [5.74, 6) is 2.70. The van der Waals surface area contributed by atoms with Crippen molar-refractivity contribution >= 4 is 11.8 Å². The Hall–Kier alpha value is -1.89. The fourth-order valence-electron chi connectivity index (χ4n) is 4.86. The number of amides is 2. The molecule has 0 aromatic carbocycles. The van der Waals surface area contributed by atoms with Gasteiger partial charge in [0.05, 0.1) is 18.9 Å². The molecule has 3 aliphatic rings. The monoisotopic (exact) mass is 415 g/mol. The number of fused-ring (bicyclic) bond motifs is 1. The van der Waals surface area contributed by atoms with Crippen molar-refractivity contribution in [2.24, 2.45) is 0 Å². The van der Waals surface area contributed by atoms with Gasteiger partial charge in [-0.1, -0.05) is 19.8 Å². The van der Waals surface area contributed by atoms with Crippen molar-refractivity contribution in [1.82, 2.24) is 20.6 Å². The Morgan fingerprint density at radius 3 is 2.60 bits per heavy atom. The molecule has 7 heteroatoms. The Balaban J connectivity index is 1.46. The van der Waals surface area contributed by atoms with Crippen molar-refractivity contribution in [3.8, 4) is 0 Å². The first-order chi connectivity index (χ1) is 14.6. The largest absolute Gasteiger partial charge is 0.381 e. The second-order valence-corrected chi connectivity index (χ2v) is 9.11. The molecule has 1 atom stereocenters. The first kappa shape index (κ1) is 21.3. The summed E-state index contributed by atoms with van der Waals surface area (Å²) in [6.07, 6.45) is 9.63. The lowest BCUT2D eigenvalue weighted by Crippen LogP contribution is -2.49. The highest BCUT2D eigenvalue weighted by Crippen LogP contribution is 2.35. The van der Waals surface area contributed by atoms with E-state index in [0.717, 1.165) is 70.0 Å². The van der Waals surface area contributed by atoms with Gasteiger partial charge in [-0.3, -0.25) is 0 Å². The predicted molar refractivity (Wildman–Crippen MR) is 118 cm³/mol. The zero-order chi connectivity index (χ0) is 20.9. The number of carbonyl (C=O) groups is 1. The normalized spacial score (nSPS) is 21.7. The summed E-state index contributed by atoms with van der Waals surface area (Å²) >= 11 is 0. The first-order valence-electron chi connectivity index (χ1n) is 11.9. The van der Waals surface area contributed by atoms with E-state index in [0.29, 0.717) is 5.92 Å². The number of anilines is 1. The van der Waals surface area contributed by atoms with E-state index in [1.165, 1.54) is 36.9 Å². The minimum Gasteiger partial charge on any atom is -0.381 e. The van der Waals surface area contributed by atoms with Crippen LogP contribution >= 0.6 is 0 Å². The molecule has 4 rings (SSSR count). The SMILES string of the molecule is CCC(C)NC(=O)NC1CCN(c2nc(C3CCCC3)nc3c2CCOCC3)CC1. The van der Waals surface area contributed by atoms with Gasteiger partial charge < -0.3 is 20.3 Å². The fourth-order valence-corrected chi connectivity index (χ4v) is 4.86. The standard InChI is InChI=1S/C23H37N5O2/c1-3-16(2)24-23(29)25-18-8-12-28(13-9-18)22-19-10-14-30-15-11-20(19)26-21(27-22)17-6-4-5-7-17/h16-18H,3-15H2,1-2H3,(H2,24,25,29). The number of rotatable bonds is 5. The van der Waals surface area contributed by atoms with E-state index in [1.807, 2.05) is 6.92 Å². The molecule has 1 aromatic heterocycles. The van der Waals surface area contributed by atoms with E-state index in [-0.39, 0.29) is 18.1 Å². The van der Waals surface area contributed by atoms with Gasteiger partial charge in [-0.15, -0.1) is 0 Å². The van der Waals surface area contributed by atoms with E-state index in [1.54, 1.807) is 0 Å². The van der Waals surface area contributed by atoms with Crippen LogP contribution < -0.4 is 15.5 Å². The van der Waals surface area contributed by atoms with Gasteiger partial charge in [-0.25, -0.2) is 14.8 Å². The van der Waals surface area contributed by atoms with Gasteiger partial charge in [-0.05, 0) is 39.0 Å². The maximum Gasteiger partial charge on any atom is 0.315 e. The Labute approximate surface area is 180 Å². The highest BCUT2D eigenvalue weighted by Gasteiger charge is 2.28. The molecule has 1 aliphatic carbocycles. The third-order valence-corrected chi connectivity index (χ3v) is 6.91. The predicted octanol–water partition coefficient (Wildman–Crippen LogP) is 3.32. The van der Waals surface area contributed by atoms with Crippen LogP contribution in [0.2, 0.25) is 0 Å². The van der Waals surface area contributed by atoms with E-state index >= 15 is 0 Å². The molecule has 166 valence electrons. The van der Waals surface area contributed by atoms with Crippen molar-refractivity contribution in [1.29, 1.82) is 0 Å². The Morgan fingerprint density at radius 1 is 1.13 bits per heavy atom. The van der Waals surface area contributed by atoms with Crippen LogP contribution in [0.5, 0.6) is 0 Å². The van der Waals surface area contributed by atoms with E-state index in [9.17, 15) is 4.79 Å². The van der Waals surface area contributed by atoms with E-state index < -0.39 is 0 Å². The summed E-state index contributed by atoms with van der Waals surface area (Å²) in [7, 11) is 0. The van der Waals surface area contributed by atoms with Crippen LogP contribution in [0.4, 0.5) is 10.6 Å². The number of piperidine rings is 1. The summed E-state index contributed by atoms with van der Waals surface area (Å²) in [5, 5.41) is 6.16. The van der Waals surface area contributed by atoms with Crippen LogP contribution in [0.1, 0.15) is 81.8 Å². The number of carbonyl (C=O) groups excluding carboxylic acids is 1. The summed E-state index contributed by atoms with van der Waals surface area (Å²) in [5.41, 5.74) is 2.49. The molecular formula is C23H37N5O2. The molecular weight excluding hydrogens is 378 g/mol. The lowest BCUT2D eigenvalue weighted by atomic mass is 10.0. The molecule has 0 radical (unpaired) electrons. The number of nitrogens with zero attached hydrogens (tertiary/aromatic N) is 3. The quantitative estimate of drug-likeness (QED) is 0.771. The molecule has 3 heterocycles. The average Bonchev–Trinajstić information content (AvgIpc) is 3.19. The van der Waals surface area contributed by atoms with Crippen molar-refractivity contribution in [2.45, 2.75) is 89.6 Å². The van der Waals surface area contributed by atoms with Gasteiger partial charge in [0.2, 0.25) is 0 Å². The van der Waals surface area contributed by atoms with Gasteiger partial charge >= 0.3 is 6.03 Å². The molecule has 2 aliphatic heterocycles. The third kappa shape index (κ3) is 5.05.